The lowest BCUT2D eigenvalue weighted by Gasteiger charge is -2.27. The van der Waals surface area contributed by atoms with Crippen LogP contribution >= 0.6 is 11.6 Å². The highest BCUT2D eigenvalue weighted by Gasteiger charge is 2.35. The molecule has 8 nitrogen and oxygen atoms in total. The van der Waals surface area contributed by atoms with Crippen LogP contribution in [0.5, 0.6) is 5.75 Å². The van der Waals surface area contributed by atoms with Gasteiger partial charge in [0.2, 0.25) is 0 Å². The lowest BCUT2D eigenvalue weighted by atomic mass is 9.93. The number of hydrogen-bond acceptors (Lipinski definition) is 6. The van der Waals surface area contributed by atoms with Crippen LogP contribution in [0.1, 0.15) is 23.6 Å². The van der Waals surface area contributed by atoms with Crippen LogP contribution in [0.4, 0.5) is 0 Å². The van der Waals surface area contributed by atoms with Gasteiger partial charge in [-0.3, -0.25) is 19.5 Å². The molecule has 0 saturated carbocycles. The van der Waals surface area contributed by atoms with Gasteiger partial charge >= 0.3 is 0 Å². The van der Waals surface area contributed by atoms with Crippen LogP contribution in [-0.4, -0.2) is 31.5 Å². The lowest BCUT2D eigenvalue weighted by molar-refractivity contribution is -0.141. The Kier molecular flexibility index (Phi) is 8.36. The van der Waals surface area contributed by atoms with Crippen LogP contribution in [0.15, 0.2) is 126 Å². The van der Waals surface area contributed by atoms with Crippen molar-refractivity contribution < 1.29 is 14.3 Å². The first-order valence-corrected chi connectivity index (χ1v) is 14.5. The molecule has 220 valence electrons. The van der Waals surface area contributed by atoms with Gasteiger partial charge in [0.05, 0.1) is 12.2 Å². The third kappa shape index (κ3) is 6.16. The number of benzene rings is 3. The second kappa shape index (κ2) is 12.8. The fourth-order valence-corrected chi connectivity index (χ4v) is 5.23. The molecule has 1 aliphatic rings. The van der Waals surface area contributed by atoms with Crippen molar-refractivity contribution in [1.82, 2.24) is 19.7 Å². The molecular weight excluding hydrogens is 586 g/mol. The monoisotopic (exact) mass is 611 g/mol. The molecule has 0 fully saturated rings. The average Bonchev–Trinajstić information content (AvgIpc) is 3.50. The predicted molar refractivity (Wildman–Crippen MR) is 171 cm³/mol. The number of hydrogen-bond donors (Lipinski definition) is 0. The van der Waals surface area contributed by atoms with Gasteiger partial charge in [-0.1, -0.05) is 66.2 Å². The van der Waals surface area contributed by atoms with E-state index in [9.17, 15) is 14.9 Å². The summed E-state index contributed by atoms with van der Waals surface area (Å²) in [6.07, 6.45) is 6.71. The number of ether oxygens (including phenoxy) is 1. The number of amides is 2. The molecule has 3 heterocycles. The van der Waals surface area contributed by atoms with Crippen molar-refractivity contribution in [3.05, 3.63) is 148 Å². The SMILES string of the molecule is CC1=C(C#N)C(=O)N(Cc2cccnc2)C(=O)/C1=C/c1cn(-c2ccccc2)nc1-c1cccc(OCc2ccccc2Cl)c1. The number of para-hydroxylation sites is 1. The number of nitriles is 1. The minimum atomic E-state index is -0.635. The van der Waals surface area contributed by atoms with Crippen LogP contribution < -0.4 is 4.74 Å². The van der Waals surface area contributed by atoms with Crippen LogP contribution in [0, 0.1) is 11.3 Å². The quantitative estimate of drug-likeness (QED) is 0.139. The Labute approximate surface area is 265 Å². The summed E-state index contributed by atoms with van der Waals surface area (Å²) in [5.74, 6) is -0.523. The van der Waals surface area contributed by atoms with Gasteiger partial charge in [0.15, 0.2) is 0 Å². The van der Waals surface area contributed by atoms with E-state index >= 15 is 0 Å². The highest BCUT2D eigenvalue weighted by Crippen LogP contribution is 2.33. The average molecular weight is 612 g/mol. The zero-order valence-electron chi connectivity index (χ0n) is 24.2. The Hall–Kier alpha value is -5.78. The number of halogens is 1. The minimum absolute atomic E-state index is 0.0117. The standard InChI is InChI=1S/C36H26ClN5O3/c1-24-31(35(43)41(36(44)32(24)19-38)21-25-9-8-16-39-20-25)18-28-22-42(29-12-3-2-4-13-29)40-34(28)26-11-7-14-30(17-26)45-23-27-10-5-6-15-33(27)37/h2-18,20,22H,21,23H2,1H3/b31-18+. The molecular formula is C36H26ClN5O3. The number of pyridine rings is 1. The van der Waals surface area contributed by atoms with E-state index in [1.807, 2.05) is 91.1 Å². The summed E-state index contributed by atoms with van der Waals surface area (Å²) in [5, 5.41) is 15.4. The van der Waals surface area contributed by atoms with Gasteiger partial charge in [-0.2, -0.15) is 10.4 Å². The molecule has 3 aromatic carbocycles. The summed E-state index contributed by atoms with van der Waals surface area (Å²) in [6.45, 7) is 1.89. The van der Waals surface area contributed by atoms with Crippen LogP contribution in [0.3, 0.4) is 0 Å². The summed E-state index contributed by atoms with van der Waals surface area (Å²) in [5.41, 5.74) is 4.77. The Morgan fingerprint density at radius 1 is 0.956 bits per heavy atom. The van der Waals surface area contributed by atoms with Gasteiger partial charge in [0.25, 0.3) is 11.8 Å². The molecule has 6 rings (SSSR count). The summed E-state index contributed by atoms with van der Waals surface area (Å²) in [7, 11) is 0. The zero-order chi connectivity index (χ0) is 31.3. The van der Waals surface area contributed by atoms with Crippen molar-refractivity contribution in [2.75, 3.05) is 0 Å². The fourth-order valence-electron chi connectivity index (χ4n) is 5.04. The van der Waals surface area contributed by atoms with Gasteiger partial charge in [0, 0.05) is 45.9 Å². The van der Waals surface area contributed by atoms with E-state index in [1.54, 1.807) is 42.2 Å². The maximum atomic E-state index is 13.9. The van der Waals surface area contributed by atoms with E-state index in [1.165, 1.54) is 0 Å². The molecule has 2 aromatic heterocycles. The van der Waals surface area contributed by atoms with Crippen LogP contribution in [0.25, 0.3) is 23.0 Å². The predicted octanol–water partition coefficient (Wildman–Crippen LogP) is 6.96. The van der Waals surface area contributed by atoms with E-state index in [0.29, 0.717) is 33.2 Å². The molecule has 0 atom stereocenters. The Balaban J connectivity index is 1.42. The first kappa shape index (κ1) is 29.3. The van der Waals surface area contributed by atoms with Crippen molar-refractivity contribution in [3.63, 3.8) is 0 Å². The Morgan fingerprint density at radius 2 is 1.76 bits per heavy atom. The normalized spacial score (nSPS) is 14.2. The van der Waals surface area contributed by atoms with Crippen molar-refractivity contribution in [2.24, 2.45) is 0 Å². The molecule has 5 aromatic rings. The van der Waals surface area contributed by atoms with E-state index < -0.39 is 11.8 Å². The Bertz CT molecular complexity index is 2010. The number of rotatable bonds is 8. The number of imide groups is 1. The highest BCUT2D eigenvalue weighted by molar-refractivity contribution is 6.31. The number of aromatic nitrogens is 3. The van der Waals surface area contributed by atoms with E-state index in [2.05, 4.69) is 4.98 Å². The molecule has 0 N–H and O–H groups in total. The molecule has 2 amide bonds. The molecule has 1 aliphatic heterocycles. The van der Waals surface area contributed by atoms with Crippen molar-refractivity contribution in [3.8, 4) is 28.8 Å². The lowest BCUT2D eigenvalue weighted by Crippen LogP contribution is -2.42. The third-order valence-corrected chi connectivity index (χ3v) is 7.78. The summed E-state index contributed by atoms with van der Waals surface area (Å²) in [6, 6.07) is 30.1. The summed E-state index contributed by atoms with van der Waals surface area (Å²) in [4.78, 5) is 32.2. The van der Waals surface area contributed by atoms with Gasteiger partial charge in [0.1, 0.15) is 29.7 Å². The minimum Gasteiger partial charge on any atom is -0.489 e. The van der Waals surface area contributed by atoms with Gasteiger partial charge < -0.3 is 4.74 Å². The molecule has 0 unspecified atom stereocenters. The Morgan fingerprint density at radius 3 is 2.51 bits per heavy atom. The highest BCUT2D eigenvalue weighted by atomic mass is 35.5. The number of carbonyl (C=O) groups excluding carboxylic acids is 2. The van der Waals surface area contributed by atoms with Gasteiger partial charge in [-0.05, 0) is 60.5 Å². The molecule has 45 heavy (non-hydrogen) atoms. The fraction of sp³-hybridized carbons (Fsp3) is 0.0833. The van der Waals surface area contributed by atoms with Crippen LogP contribution in [0.2, 0.25) is 5.02 Å². The van der Waals surface area contributed by atoms with Crippen LogP contribution in [-0.2, 0) is 22.7 Å². The second-order valence-corrected chi connectivity index (χ2v) is 10.8. The second-order valence-electron chi connectivity index (χ2n) is 10.3. The zero-order valence-corrected chi connectivity index (χ0v) is 25.0. The first-order chi connectivity index (χ1) is 21.9. The number of carbonyl (C=O) groups is 2. The molecule has 0 radical (unpaired) electrons. The molecule has 0 bridgehead atoms. The third-order valence-electron chi connectivity index (χ3n) is 7.41. The summed E-state index contributed by atoms with van der Waals surface area (Å²) < 4.78 is 7.81. The van der Waals surface area contributed by atoms with Crippen molar-refractivity contribution >= 4 is 29.5 Å². The maximum absolute atomic E-state index is 13.9. The van der Waals surface area contributed by atoms with E-state index in [4.69, 9.17) is 21.4 Å². The van der Waals surface area contributed by atoms with Crippen molar-refractivity contribution in [2.45, 2.75) is 20.1 Å². The topological polar surface area (TPSA) is 101 Å². The molecule has 9 heteroatoms. The van der Waals surface area contributed by atoms with E-state index in [0.717, 1.165) is 21.7 Å². The van der Waals surface area contributed by atoms with E-state index in [-0.39, 0.29) is 24.3 Å². The van der Waals surface area contributed by atoms with Gasteiger partial charge in [-0.25, -0.2) is 4.68 Å². The molecule has 0 saturated heterocycles. The summed E-state index contributed by atoms with van der Waals surface area (Å²) >= 11 is 6.32. The van der Waals surface area contributed by atoms with Gasteiger partial charge in [-0.15, -0.1) is 0 Å². The largest absolute Gasteiger partial charge is 0.489 e. The maximum Gasteiger partial charge on any atom is 0.271 e. The molecule has 0 aliphatic carbocycles. The molecule has 0 spiro atoms. The van der Waals surface area contributed by atoms with Crippen molar-refractivity contribution in [1.29, 1.82) is 5.26 Å². The smallest absolute Gasteiger partial charge is 0.271 e. The first-order valence-electron chi connectivity index (χ1n) is 14.1. The number of nitrogens with zero attached hydrogens (tertiary/aromatic N) is 5.